The van der Waals surface area contributed by atoms with E-state index in [9.17, 15) is 27.5 Å². The number of ether oxygens (including phenoxy) is 1. The summed E-state index contributed by atoms with van der Waals surface area (Å²) in [5.41, 5.74) is -1.67. The third-order valence-electron chi connectivity index (χ3n) is 5.50. The Morgan fingerprint density at radius 1 is 1.11 bits per heavy atom. The highest BCUT2D eigenvalue weighted by atomic mass is 35.5. The van der Waals surface area contributed by atoms with E-state index in [0.717, 1.165) is 7.11 Å². The summed E-state index contributed by atoms with van der Waals surface area (Å²) in [6.07, 6.45) is -4.94. The number of nitrogens with zero attached hydrogens (tertiary/aromatic N) is 3. The second-order valence-corrected chi connectivity index (χ2v) is 8.32. The van der Waals surface area contributed by atoms with E-state index in [4.69, 9.17) is 11.6 Å². The maximum atomic E-state index is 13.6. The Balaban J connectivity index is 1.97. The molecule has 35 heavy (non-hydrogen) atoms. The minimum Gasteiger partial charge on any atom is -0.479 e. The molecule has 0 saturated carbocycles. The summed E-state index contributed by atoms with van der Waals surface area (Å²) in [4.78, 5) is 24.4. The summed E-state index contributed by atoms with van der Waals surface area (Å²) in [7, 11) is 0.797. The van der Waals surface area contributed by atoms with Crippen molar-refractivity contribution in [2.45, 2.75) is 38.6 Å². The van der Waals surface area contributed by atoms with E-state index in [1.165, 1.54) is 43.3 Å². The molecule has 1 aromatic heterocycles. The number of alkyl halides is 3. The first-order chi connectivity index (χ1) is 16.3. The molecule has 0 aliphatic carbocycles. The monoisotopic (exact) mass is 512 g/mol. The maximum absolute atomic E-state index is 13.6. The highest BCUT2D eigenvalue weighted by Crippen LogP contribution is 2.35. The number of hydrogen-bond acceptors (Lipinski definition) is 6. The first-order valence-corrected chi connectivity index (χ1v) is 10.6. The van der Waals surface area contributed by atoms with Crippen molar-refractivity contribution in [3.05, 3.63) is 58.4 Å². The van der Waals surface area contributed by atoms with Crippen LogP contribution in [0.25, 0.3) is 22.8 Å². The van der Waals surface area contributed by atoms with Gasteiger partial charge in [-0.15, -0.1) is 0 Å². The highest BCUT2D eigenvalue weighted by molar-refractivity contribution is 6.33. The van der Waals surface area contributed by atoms with Crippen LogP contribution >= 0.6 is 11.6 Å². The van der Waals surface area contributed by atoms with Gasteiger partial charge in [0.15, 0.2) is 11.6 Å². The molecule has 2 N–H and O–H groups in total. The normalized spacial score (nSPS) is 14.3. The van der Waals surface area contributed by atoms with Crippen molar-refractivity contribution in [1.29, 1.82) is 0 Å². The molecule has 3 rings (SSSR count). The van der Waals surface area contributed by atoms with E-state index >= 15 is 0 Å². The molecule has 3 aromatic rings. The number of carbonyl (C=O) groups excluding carboxylic acids is 1. The lowest BCUT2D eigenvalue weighted by molar-refractivity contribution is -0.254. The number of nitrogens with one attached hydrogen (secondary N) is 1. The number of aryl methyl sites for hydroxylation is 1. The minimum absolute atomic E-state index is 0.0307. The Morgan fingerprint density at radius 3 is 2.37 bits per heavy atom. The Hall–Kier alpha value is -3.31. The zero-order valence-electron chi connectivity index (χ0n) is 19.0. The van der Waals surface area contributed by atoms with Gasteiger partial charge in [0.1, 0.15) is 5.82 Å². The lowest BCUT2D eigenvalue weighted by Gasteiger charge is -2.30. The molecule has 1 heterocycles. The Morgan fingerprint density at radius 2 is 1.77 bits per heavy atom. The summed E-state index contributed by atoms with van der Waals surface area (Å²) in [6.45, 7) is 3.67. The summed E-state index contributed by atoms with van der Waals surface area (Å²) in [5, 5.41) is 12.5. The smallest absolute Gasteiger partial charge is 0.426 e. The number of hydrogen-bond donors (Lipinski definition) is 2. The number of amides is 1. The van der Waals surface area contributed by atoms with E-state index in [1.54, 1.807) is 6.92 Å². The molecular weight excluding hydrogens is 492 g/mol. The van der Waals surface area contributed by atoms with Gasteiger partial charge in [0.25, 0.3) is 5.91 Å². The number of rotatable bonds is 6. The standard InChI is InChI=1S/C23H21ClF4N4O3/c1-11-9-14(6-8-17(11)25)18-30-19(32-21(34)31-18)15-10-13(5-7-16(15)24)12(2)29-20(33)22(3,35-4)23(26,27)28/h5-10,12H,1-4H3,(H,29,33)(H,30,31,32,34)/t12?,22-/m1/s1. The minimum atomic E-state index is -4.94. The van der Waals surface area contributed by atoms with Crippen molar-refractivity contribution in [3.63, 3.8) is 0 Å². The molecule has 0 spiro atoms. The predicted molar refractivity (Wildman–Crippen MR) is 120 cm³/mol. The first kappa shape index (κ1) is 26.3. The number of halogens is 5. The summed E-state index contributed by atoms with van der Waals surface area (Å²) < 4.78 is 58.1. The van der Waals surface area contributed by atoms with Gasteiger partial charge in [-0.1, -0.05) is 17.7 Å². The van der Waals surface area contributed by atoms with Crippen LogP contribution in [0.2, 0.25) is 5.02 Å². The zero-order valence-corrected chi connectivity index (χ0v) is 19.8. The van der Waals surface area contributed by atoms with Gasteiger partial charge < -0.3 is 15.2 Å². The van der Waals surface area contributed by atoms with Crippen LogP contribution in [0.1, 0.15) is 31.0 Å². The quantitative estimate of drug-likeness (QED) is 0.443. The lowest BCUT2D eigenvalue weighted by atomic mass is 10.0. The summed E-state index contributed by atoms with van der Waals surface area (Å²) in [5.74, 6) is -1.77. The largest absolute Gasteiger partial charge is 0.479 e. The molecule has 0 saturated heterocycles. The van der Waals surface area contributed by atoms with Crippen molar-refractivity contribution in [3.8, 4) is 28.8 Å². The molecule has 2 atom stereocenters. The third-order valence-corrected chi connectivity index (χ3v) is 5.83. The number of methoxy groups -OCH3 is 1. The SMILES string of the molecule is CO[C@](C)(C(=O)NC(C)c1ccc(Cl)c(-c2nc(O)nc(-c3ccc(F)c(C)c3)n2)c1)C(F)(F)F. The molecule has 2 aromatic carbocycles. The Labute approximate surface area is 203 Å². The van der Waals surface area contributed by atoms with Crippen LogP contribution in [0, 0.1) is 12.7 Å². The van der Waals surface area contributed by atoms with Crippen molar-refractivity contribution in [2.75, 3.05) is 7.11 Å². The molecule has 0 fully saturated rings. The van der Waals surface area contributed by atoms with E-state index in [1.807, 2.05) is 0 Å². The molecule has 0 bridgehead atoms. The van der Waals surface area contributed by atoms with E-state index in [0.29, 0.717) is 23.6 Å². The van der Waals surface area contributed by atoms with Gasteiger partial charge in [0, 0.05) is 18.2 Å². The number of aromatic hydroxyl groups is 1. The average molecular weight is 513 g/mol. The number of carbonyl (C=O) groups is 1. The van der Waals surface area contributed by atoms with E-state index in [2.05, 4.69) is 25.0 Å². The second-order valence-electron chi connectivity index (χ2n) is 7.92. The molecule has 186 valence electrons. The molecule has 0 aliphatic rings. The van der Waals surface area contributed by atoms with Gasteiger partial charge >= 0.3 is 12.2 Å². The van der Waals surface area contributed by atoms with Crippen LogP contribution in [-0.2, 0) is 9.53 Å². The summed E-state index contributed by atoms with van der Waals surface area (Å²) in [6, 6.07) is 7.11. The Kier molecular flexibility index (Phi) is 7.32. The number of aromatic nitrogens is 3. The highest BCUT2D eigenvalue weighted by Gasteiger charge is 2.57. The van der Waals surface area contributed by atoms with Gasteiger partial charge in [0.05, 0.1) is 11.1 Å². The molecule has 0 radical (unpaired) electrons. The van der Waals surface area contributed by atoms with Crippen molar-refractivity contribution in [2.24, 2.45) is 0 Å². The molecule has 12 heteroatoms. The fourth-order valence-corrected chi connectivity index (χ4v) is 3.34. The van der Waals surface area contributed by atoms with Crippen molar-refractivity contribution < 1.29 is 32.2 Å². The maximum Gasteiger partial charge on any atom is 0.426 e. The molecular formula is C23H21ClF4N4O3. The fourth-order valence-electron chi connectivity index (χ4n) is 3.14. The van der Waals surface area contributed by atoms with Gasteiger partial charge in [0.2, 0.25) is 5.60 Å². The van der Waals surface area contributed by atoms with Crippen molar-refractivity contribution in [1.82, 2.24) is 20.3 Å². The van der Waals surface area contributed by atoms with Crippen LogP contribution in [0.15, 0.2) is 36.4 Å². The van der Waals surface area contributed by atoms with Crippen LogP contribution in [0.3, 0.4) is 0 Å². The lowest BCUT2D eigenvalue weighted by Crippen LogP contribution is -2.56. The average Bonchev–Trinajstić information content (AvgIpc) is 2.79. The van der Waals surface area contributed by atoms with Crippen molar-refractivity contribution >= 4 is 17.5 Å². The zero-order chi connectivity index (χ0) is 26.1. The molecule has 0 aliphatic heterocycles. The molecule has 1 amide bonds. The van der Waals surface area contributed by atoms with Gasteiger partial charge in [-0.05, 0) is 62.2 Å². The number of benzene rings is 2. The van der Waals surface area contributed by atoms with Gasteiger partial charge in [-0.3, -0.25) is 4.79 Å². The molecule has 1 unspecified atom stereocenters. The first-order valence-electron chi connectivity index (χ1n) is 10.2. The van der Waals surface area contributed by atoms with Crippen LogP contribution in [0.4, 0.5) is 17.6 Å². The molecule has 7 nitrogen and oxygen atoms in total. The third kappa shape index (κ3) is 5.35. The van der Waals surface area contributed by atoms with Gasteiger partial charge in [-0.25, -0.2) is 9.37 Å². The fraction of sp³-hybridized carbons (Fsp3) is 0.304. The van der Waals surface area contributed by atoms with Crippen LogP contribution < -0.4 is 5.32 Å². The van der Waals surface area contributed by atoms with Crippen LogP contribution in [-0.4, -0.2) is 44.9 Å². The van der Waals surface area contributed by atoms with E-state index in [-0.39, 0.29) is 22.2 Å². The van der Waals surface area contributed by atoms with Gasteiger partial charge in [-0.2, -0.15) is 23.1 Å². The topological polar surface area (TPSA) is 97.2 Å². The predicted octanol–water partition coefficient (Wildman–Crippen LogP) is 5.16. The van der Waals surface area contributed by atoms with E-state index < -0.39 is 35.6 Å². The Bertz CT molecular complexity index is 1270. The van der Waals surface area contributed by atoms with Crippen LogP contribution in [0.5, 0.6) is 6.01 Å². The second kappa shape index (κ2) is 9.74. The summed E-state index contributed by atoms with van der Waals surface area (Å²) >= 11 is 6.31.